The van der Waals surface area contributed by atoms with Crippen LogP contribution in [0.2, 0.25) is 0 Å². The fourth-order valence-corrected chi connectivity index (χ4v) is 6.10. The molecule has 178 valence electrons. The van der Waals surface area contributed by atoms with Crippen LogP contribution < -0.4 is 4.90 Å². The molecule has 0 spiro atoms. The van der Waals surface area contributed by atoms with Crippen molar-refractivity contribution in [3.8, 4) is 0 Å². The number of ether oxygens (including phenoxy) is 1. The second kappa shape index (κ2) is 9.95. The average Bonchev–Trinajstić information content (AvgIpc) is 3.25. The quantitative estimate of drug-likeness (QED) is 0.678. The first-order valence-corrected chi connectivity index (χ1v) is 12.9. The molecule has 5 rings (SSSR count). The number of morpholine rings is 1. The average molecular weight is 472 g/mol. The molecule has 0 aliphatic carbocycles. The maximum atomic E-state index is 13.3. The first-order chi connectivity index (χ1) is 16.1. The number of rotatable bonds is 4. The SMILES string of the molecule is Cc1cc2c(N3CCC[C@@H](C(=O)N4CCN(CC(=O)N5CCOCC5)CC4)C3)nccc2s1. The Morgan fingerprint density at radius 2 is 1.88 bits per heavy atom. The van der Waals surface area contributed by atoms with Crippen LogP contribution >= 0.6 is 11.3 Å². The van der Waals surface area contributed by atoms with Gasteiger partial charge in [-0.1, -0.05) is 0 Å². The Balaban J connectivity index is 1.16. The number of pyridine rings is 1. The molecule has 33 heavy (non-hydrogen) atoms. The van der Waals surface area contributed by atoms with Gasteiger partial charge in [0.15, 0.2) is 0 Å². The molecule has 0 aromatic carbocycles. The maximum Gasteiger partial charge on any atom is 0.236 e. The summed E-state index contributed by atoms with van der Waals surface area (Å²) in [6, 6.07) is 4.29. The summed E-state index contributed by atoms with van der Waals surface area (Å²) in [7, 11) is 0. The number of aromatic nitrogens is 1. The Morgan fingerprint density at radius 1 is 1.09 bits per heavy atom. The Hall–Kier alpha value is -2.23. The van der Waals surface area contributed by atoms with Crippen molar-refractivity contribution >= 4 is 39.1 Å². The maximum absolute atomic E-state index is 13.3. The fourth-order valence-electron chi connectivity index (χ4n) is 5.19. The zero-order valence-corrected chi connectivity index (χ0v) is 20.2. The zero-order valence-electron chi connectivity index (χ0n) is 19.4. The fraction of sp³-hybridized carbons (Fsp3) is 0.625. The van der Waals surface area contributed by atoms with Crippen molar-refractivity contribution in [2.24, 2.45) is 5.92 Å². The van der Waals surface area contributed by atoms with Crippen molar-refractivity contribution in [3.63, 3.8) is 0 Å². The minimum atomic E-state index is 0.0112. The second-order valence-electron chi connectivity index (χ2n) is 9.28. The monoisotopic (exact) mass is 471 g/mol. The molecular formula is C24H33N5O3S. The lowest BCUT2D eigenvalue weighted by molar-refractivity contribution is -0.139. The van der Waals surface area contributed by atoms with Crippen molar-refractivity contribution in [1.29, 1.82) is 0 Å². The van der Waals surface area contributed by atoms with E-state index >= 15 is 0 Å². The number of carbonyl (C=O) groups is 2. The van der Waals surface area contributed by atoms with Gasteiger partial charge in [-0.3, -0.25) is 14.5 Å². The summed E-state index contributed by atoms with van der Waals surface area (Å²) in [5.74, 6) is 1.46. The lowest BCUT2D eigenvalue weighted by atomic mass is 9.96. The van der Waals surface area contributed by atoms with Crippen LogP contribution in [0.25, 0.3) is 10.1 Å². The third-order valence-electron chi connectivity index (χ3n) is 7.02. The Kier molecular flexibility index (Phi) is 6.80. The van der Waals surface area contributed by atoms with Crippen molar-refractivity contribution in [3.05, 3.63) is 23.2 Å². The zero-order chi connectivity index (χ0) is 22.8. The molecule has 3 aliphatic rings. The van der Waals surface area contributed by atoms with E-state index in [0.717, 1.165) is 44.8 Å². The molecule has 2 aromatic rings. The summed E-state index contributed by atoms with van der Waals surface area (Å²) in [5, 5.41) is 1.20. The first kappa shape index (κ1) is 22.6. The number of piperidine rings is 1. The summed E-state index contributed by atoms with van der Waals surface area (Å²) in [6.45, 7) is 9.78. The Bertz CT molecular complexity index is 997. The summed E-state index contributed by atoms with van der Waals surface area (Å²) in [6.07, 6.45) is 3.83. The van der Waals surface area contributed by atoms with E-state index in [1.807, 2.05) is 16.0 Å². The minimum absolute atomic E-state index is 0.0112. The van der Waals surface area contributed by atoms with Crippen molar-refractivity contribution in [2.45, 2.75) is 19.8 Å². The van der Waals surface area contributed by atoms with E-state index < -0.39 is 0 Å². The predicted octanol–water partition coefficient (Wildman–Crippen LogP) is 1.82. The number of hydrogen-bond acceptors (Lipinski definition) is 7. The van der Waals surface area contributed by atoms with Crippen LogP contribution in [0.3, 0.4) is 0 Å². The summed E-state index contributed by atoms with van der Waals surface area (Å²) in [4.78, 5) is 40.2. The van der Waals surface area contributed by atoms with Crippen LogP contribution in [0.1, 0.15) is 17.7 Å². The van der Waals surface area contributed by atoms with Crippen LogP contribution in [0, 0.1) is 12.8 Å². The molecule has 1 atom stereocenters. The lowest BCUT2D eigenvalue weighted by Gasteiger charge is -2.39. The molecule has 0 radical (unpaired) electrons. The molecule has 0 unspecified atom stereocenters. The molecule has 3 aliphatic heterocycles. The third-order valence-corrected chi connectivity index (χ3v) is 8.04. The van der Waals surface area contributed by atoms with Gasteiger partial charge in [-0.25, -0.2) is 4.98 Å². The summed E-state index contributed by atoms with van der Waals surface area (Å²) < 4.78 is 6.60. The van der Waals surface area contributed by atoms with Crippen LogP contribution in [0.4, 0.5) is 5.82 Å². The topological polar surface area (TPSA) is 69.2 Å². The lowest BCUT2D eigenvalue weighted by Crippen LogP contribution is -2.54. The molecule has 3 fully saturated rings. The molecule has 2 amide bonds. The van der Waals surface area contributed by atoms with Gasteiger partial charge in [0.2, 0.25) is 11.8 Å². The van der Waals surface area contributed by atoms with Gasteiger partial charge in [-0.05, 0) is 31.9 Å². The van der Waals surface area contributed by atoms with Crippen molar-refractivity contribution in [1.82, 2.24) is 19.7 Å². The number of anilines is 1. The van der Waals surface area contributed by atoms with Gasteiger partial charge in [0, 0.05) is 73.5 Å². The van der Waals surface area contributed by atoms with Crippen LogP contribution in [0.15, 0.2) is 18.3 Å². The number of aryl methyl sites for hydroxylation is 1. The van der Waals surface area contributed by atoms with Crippen LogP contribution in [0.5, 0.6) is 0 Å². The second-order valence-corrected chi connectivity index (χ2v) is 10.6. The summed E-state index contributed by atoms with van der Waals surface area (Å²) in [5.41, 5.74) is 0. The third kappa shape index (κ3) is 5.00. The number of thiophene rings is 1. The van der Waals surface area contributed by atoms with Gasteiger partial charge in [-0.2, -0.15) is 0 Å². The van der Waals surface area contributed by atoms with Crippen molar-refractivity contribution < 1.29 is 14.3 Å². The van der Waals surface area contributed by atoms with Gasteiger partial charge in [0.1, 0.15) is 5.82 Å². The van der Waals surface area contributed by atoms with E-state index in [0.29, 0.717) is 45.9 Å². The van der Waals surface area contributed by atoms with Gasteiger partial charge >= 0.3 is 0 Å². The van der Waals surface area contributed by atoms with Gasteiger partial charge in [0.05, 0.1) is 25.7 Å². The highest BCUT2D eigenvalue weighted by atomic mass is 32.1. The van der Waals surface area contributed by atoms with Gasteiger partial charge < -0.3 is 19.4 Å². The highest BCUT2D eigenvalue weighted by Gasteiger charge is 2.32. The standard InChI is InChI=1S/C24H33N5O3S/c1-18-15-20-21(33-18)4-5-25-23(20)29-6-2-3-19(16-29)24(31)28-9-7-26(8-10-28)17-22(30)27-11-13-32-14-12-27/h4-5,15,19H,2-3,6-14,16-17H2,1H3/t19-/m1/s1. The highest BCUT2D eigenvalue weighted by molar-refractivity contribution is 7.19. The number of amides is 2. The van der Waals surface area contributed by atoms with E-state index in [2.05, 4.69) is 33.8 Å². The first-order valence-electron chi connectivity index (χ1n) is 12.1. The highest BCUT2D eigenvalue weighted by Crippen LogP contribution is 2.33. The van der Waals surface area contributed by atoms with E-state index in [-0.39, 0.29) is 17.7 Å². The predicted molar refractivity (Wildman–Crippen MR) is 130 cm³/mol. The molecule has 0 saturated carbocycles. The largest absolute Gasteiger partial charge is 0.378 e. The number of piperazine rings is 1. The Labute approximate surface area is 199 Å². The van der Waals surface area contributed by atoms with E-state index in [4.69, 9.17) is 4.74 Å². The summed E-state index contributed by atoms with van der Waals surface area (Å²) >= 11 is 1.79. The van der Waals surface area contributed by atoms with Crippen LogP contribution in [-0.4, -0.2) is 104 Å². The minimum Gasteiger partial charge on any atom is -0.378 e. The number of hydrogen-bond donors (Lipinski definition) is 0. The molecule has 3 saturated heterocycles. The van der Waals surface area contributed by atoms with E-state index in [1.165, 1.54) is 15.0 Å². The van der Waals surface area contributed by atoms with Gasteiger partial charge in [-0.15, -0.1) is 11.3 Å². The van der Waals surface area contributed by atoms with E-state index in [9.17, 15) is 9.59 Å². The molecule has 2 aromatic heterocycles. The Morgan fingerprint density at radius 3 is 2.67 bits per heavy atom. The number of nitrogens with zero attached hydrogens (tertiary/aromatic N) is 5. The smallest absolute Gasteiger partial charge is 0.236 e. The van der Waals surface area contributed by atoms with Gasteiger partial charge in [0.25, 0.3) is 0 Å². The molecule has 5 heterocycles. The molecule has 0 N–H and O–H groups in total. The van der Waals surface area contributed by atoms with Crippen LogP contribution in [-0.2, 0) is 14.3 Å². The molecular weight excluding hydrogens is 438 g/mol. The van der Waals surface area contributed by atoms with Crippen molar-refractivity contribution in [2.75, 3.05) is 77.0 Å². The molecule has 9 heteroatoms. The molecule has 0 bridgehead atoms. The number of carbonyl (C=O) groups excluding carboxylic acids is 2. The number of fused-ring (bicyclic) bond motifs is 1. The molecule has 8 nitrogen and oxygen atoms in total. The normalized spacial score (nSPS) is 22.7. The van der Waals surface area contributed by atoms with E-state index in [1.54, 1.807) is 11.3 Å².